The molecule has 1 fully saturated rings. The summed E-state index contributed by atoms with van der Waals surface area (Å²) in [6, 6.07) is 0. The Kier molecular flexibility index (Phi) is 17.0. The Morgan fingerprint density at radius 3 is 2.48 bits per heavy atom. The van der Waals surface area contributed by atoms with Gasteiger partial charge in [-0.2, -0.15) is 0 Å². The highest BCUT2D eigenvalue weighted by Gasteiger charge is 2.10. The summed E-state index contributed by atoms with van der Waals surface area (Å²) in [7, 11) is 3.48. The number of hydrogen-bond donors (Lipinski definition) is 2. The number of unbranched alkanes of at least 4 members (excludes halogenated alkanes) is 1. The number of halogens is 1. The number of likely N-dealkylation sites (N-methyl/N-ethyl adjacent to an activating group) is 1. The molecule has 1 saturated heterocycles. The van der Waals surface area contributed by atoms with E-state index in [2.05, 4.69) is 27.4 Å². The minimum absolute atomic E-state index is 0. The molecule has 160 valence electrons. The second kappa shape index (κ2) is 17.4. The van der Waals surface area contributed by atoms with E-state index in [4.69, 9.17) is 9.47 Å². The molecule has 0 bridgehead atoms. The number of amides is 1. The van der Waals surface area contributed by atoms with Crippen LogP contribution in [0.3, 0.4) is 0 Å². The van der Waals surface area contributed by atoms with Gasteiger partial charge in [-0.15, -0.1) is 24.0 Å². The van der Waals surface area contributed by atoms with E-state index in [1.165, 1.54) is 0 Å². The Hall–Kier alpha value is -0.650. The normalized spacial score (nSPS) is 15.1. The topological polar surface area (TPSA) is 78.4 Å². The molecule has 1 aliphatic rings. The van der Waals surface area contributed by atoms with E-state index in [0.717, 1.165) is 78.4 Å². The lowest BCUT2D eigenvalue weighted by atomic mass is 10.4. The van der Waals surface area contributed by atoms with Gasteiger partial charge in [0.25, 0.3) is 0 Å². The van der Waals surface area contributed by atoms with Crippen molar-refractivity contribution in [1.29, 1.82) is 0 Å². The van der Waals surface area contributed by atoms with E-state index in [9.17, 15) is 4.79 Å². The summed E-state index contributed by atoms with van der Waals surface area (Å²) in [5.74, 6) is 0.671. The number of hydrogen-bond acceptors (Lipinski definition) is 5. The van der Waals surface area contributed by atoms with Crippen LogP contribution in [0.15, 0.2) is 4.99 Å². The van der Waals surface area contributed by atoms with Crippen molar-refractivity contribution in [2.24, 2.45) is 4.99 Å². The molecule has 0 aromatic heterocycles. The highest BCUT2D eigenvalue weighted by atomic mass is 127. The molecule has 1 rings (SSSR count). The summed E-state index contributed by atoms with van der Waals surface area (Å²) in [6.07, 6.45) is 3.17. The predicted molar refractivity (Wildman–Crippen MR) is 120 cm³/mol. The van der Waals surface area contributed by atoms with E-state index in [1.807, 2.05) is 0 Å². The molecular weight excluding hydrogens is 461 g/mol. The van der Waals surface area contributed by atoms with Gasteiger partial charge in [0.05, 0.1) is 13.2 Å². The van der Waals surface area contributed by atoms with Crippen molar-refractivity contribution in [3.8, 4) is 0 Å². The fourth-order valence-corrected chi connectivity index (χ4v) is 2.35. The van der Waals surface area contributed by atoms with Gasteiger partial charge in [0.2, 0.25) is 5.91 Å². The van der Waals surface area contributed by atoms with Crippen LogP contribution < -0.4 is 10.6 Å². The van der Waals surface area contributed by atoms with Crippen molar-refractivity contribution in [3.05, 3.63) is 0 Å². The first kappa shape index (κ1) is 26.4. The largest absolute Gasteiger partial charge is 0.381 e. The molecule has 8 nitrogen and oxygen atoms in total. The van der Waals surface area contributed by atoms with E-state index in [-0.39, 0.29) is 36.4 Å². The molecule has 0 aromatic rings. The van der Waals surface area contributed by atoms with Crippen LogP contribution in [0, 0.1) is 0 Å². The van der Waals surface area contributed by atoms with Crippen LogP contribution in [-0.2, 0) is 14.3 Å². The molecule has 2 N–H and O–H groups in total. The lowest BCUT2D eigenvalue weighted by Crippen LogP contribution is -2.45. The van der Waals surface area contributed by atoms with E-state index < -0.39 is 0 Å². The maximum Gasteiger partial charge on any atom is 0.243 e. The minimum Gasteiger partial charge on any atom is -0.381 e. The monoisotopic (exact) mass is 499 g/mol. The van der Waals surface area contributed by atoms with Crippen LogP contribution in [0.5, 0.6) is 0 Å². The zero-order valence-corrected chi connectivity index (χ0v) is 19.5. The molecule has 0 saturated carbocycles. The van der Waals surface area contributed by atoms with Gasteiger partial charge in [-0.3, -0.25) is 9.69 Å². The molecule has 1 aliphatic heterocycles. The van der Waals surface area contributed by atoms with Crippen LogP contribution >= 0.6 is 24.0 Å². The first-order valence-corrected chi connectivity index (χ1v) is 9.73. The van der Waals surface area contributed by atoms with E-state index in [0.29, 0.717) is 5.96 Å². The molecule has 0 radical (unpaired) electrons. The minimum atomic E-state index is -0.0119. The quantitative estimate of drug-likeness (QED) is 0.179. The lowest BCUT2D eigenvalue weighted by molar-refractivity contribution is -0.127. The first-order valence-electron chi connectivity index (χ1n) is 9.73. The Morgan fingerprint density at radius 2 is 1.81 bits per heavy atom. The van der Waals surface area contributed by atoms with Gasteiger partial charge >= 0.3 is 0 Å². The summed E-state index contributed by atoms with van der Waals surface area (Å²) < 4.78 is 10.9. The number of aliphatic imine (C=N–C) groups is 1. The molecule has 9 heteroatoms. The summed E-state index contributed by atoms with van der Waals surface area (Å²) in [5.41, 5.74) is 0. The zero-order chi connectivity index (χ0) is 19.0. The zero-order valence-electron chi connectivity index (χ0n) is 17.2. The molecule has 27 heavy (non-hydrogen) atoms. The van der Waals surface area contributed by atoms with Gasteiger partial charge in [-0.25, -0.2) is 4.99 Å². The molecule has 1 amide bonds. The predicted octanol–water partition coefficient (Wildman–Crippen LogP) is 0.767. The number of morpholine rings is 1. The van der Waals surface area contributed by atoms with Gasteiger partial charge in [0.1, 0.15) is 6.54 Å². The van der Waals surface area contributed by atoms with Gasteiger partial charge in [0.15, 0.2) is 5.96 Å². The van der Waals surface area contributed by atoms with Gasteiger partial charge in [-0.1, -0.05) is 13.3 Å². The smallest absolute Gasteiger partial charge is 0.243 e. The van der Waals surface area contributed by atoms with Crippen molar-refractivity contribution in [1.82, 2.24) is 20.4 Å². The average molecular weight is 499 g/mol. The van der Waals surface area contributed by atoms with E-state index >= 15 is 0 Å². The van der Waals surface area contributed by atoms with Crippen molar-refractivity contribution >= 4 is 35.8 Å². The van der Waals surface area contributed by atoms with Crippen LogP contribution in [0.25, 0.3) is 0 Å². The Balaban J connectivity index is 0.00000676. The first-order chi connectivity index (χ1) is 12.6. The standard InChI is InChI=1S/C18H37N5O3.HI/c1-4-5-12-25-13-6-7-19-18(21-16-17(24)22(2)3)20-8-9-23-10-14-26-15-11-23;/h4-16H2,1-3H3,(H2,19,20,21);1H. The molecule has 0 atom stereocenters. The van der Waals surface area contributed by atoms with Crippen LogP contribution in [0.4, 0.5) is 0 Å². The van der Waals surface area contributed by atoms with Crippen molar-refractivity contribution in [2.75, 3.05) is 79.8 Å². The Labute approximate surface area is 181 Å². The highest BCUT2D eigenvalue weighted by Crippen LogP contribution is 1.95. The number of nitrogens with zero attached hydrogens (tertiary/aromatic N) is 3. The number of guanidine groups is 1. The van der Waals surface area contributed by atoms with Gasteiger partial charge < -0.3 is 25.0 Å². The fraction of sp³-hybridized carbons (Fsp3) is 0.889. The average Bonchev–Trinajstić information content (AvgIpc) is 2.65. The van der Waals surface area contributed by atoms with Gasteiger partial charge in [-0.05, 0) is 12.8 Å². The fourth-order valence-electron chi connectivity index (χ4n) is 2.35. The Morgan fingerprint density at radius 1 is 1.15 bits per heavy atom. The molecule has 0 aromatic carbocycles. The molecule has 0 spiro atoms. The number of rotatable bonds is 12. The van der Waals surface area contributed by atoms with Gasteiger partial charge in [0, 0.05) is 60.0 Å². The number of carbonyl (C=O) groups is 1. The molecular formula is C18H38IN5O3. The molecule has 0 unspecified atom stereocenters. The highest BCUT2D eigenvalue weighted by molar-refractivity contribution is 14.0. The summed E-state index contributed by atoms with van der Waals surface area (Å²) in [4.78, 5) is 20.1. The molecule has 0 aliphatic carbocycles. The van der Waals surface area contributed by atoms with E-state index in [1.54, 1.807) is 19.0 Å². The molecule has 1 heterocycles. The van der Waals surface area contributed by atoms with Crippen molar-refractivity contribution in [2.45, 2.75) is 26.2 Å². The number of ether oxygens (including phenoxy) is 2. The summed E-state index contributed by atoms with van der Waals surface area (Å²) in [6.45, 7) is 9.90. The van der Waals surface area contributed by atoms with Crippen LogP contribution in [0.1, 0.15) is 26.2 Å². The second-order valence-electron chi connectivity index (χ2n) is 6.58. The number of carbonyl (C=O) groups excluding carboxylic acids is 1. The summed E-state index contributed by atoms with van der Waals surface area (Å²) >= 11 is 0. The third kappa shape index (κ3) is 14.1. The SMILES string of the molecule is CCCCOCCCNC(=NCC(=O)N(C)C)NCCN1CCOCC1.I. The maximum atomic E-state index is 11.8. The lowest BCUT2D eigenvalue weighted by Gasteiger charge is -2.26. The van der Waals surface area contributed by atoms with Crippen molar-refractivity contribution in [3.63, 3.8) is 0 Å². The van der Waals surface area contributed by atoms with Crippen LogP contribution in [0.2, 0.25) is 0 Å². The number of nitrogens with one attached hydrogen (secondary N) is 2. The maximum absolute atomic E-state index is 11.8. The summed E-state index contributed by atoms with van der Waals surface area (Å²) in [5, 5.41) is 6.61. The second-order valence-corrected chi connectivity index (χ2v) is 6.58. The Bertz CT molecular complexity index is 404. The third-order valence-corrected chi connectivity index (χ3v) is 4.10. The van der Waals surface area contributed by atoms with Crippen LogP contribution in [-0.4, -0.2) is 101 Å². The van der Waals surface area contributed by atoms with Crippen molar-refractivity contribution < 1.29 is 14.3 Å². The third-order valence-electron chi connectivity index (χ3n) is 4.10.